The summed E-state index contributed by atoms with van der Waals surface area (Å²) in [4.78, 5) is 23.5. The Morgan fingerprint density at radius 1 is 1.10 bits per heavy atom. The van der Waals surface area contributed by atoms with Crippen LogP contribution < -0.4 is 16.6 Å². The van der Waals surface area contributed by atoms with Gasteiger partial charge in [0.05, 0.1) is 0 Å². The zero-order valence-electron chi connectivity index (χ0n) is 11.4. The van der Waals surface area contributed by atoms with Crippen LogP contribution in [0.3, 0.4) is 0 Å². The number of nitrogens with zero attached hydrogens (tertiary/aromatic N) is 2. The van der Waals surface area contributed by atoms with Crippen LogP contribution >= 0.6 is 11.6 Å². The first-order chi connectivity index (χ1) is 9.50. The molecule has 0 spiro atoms. The number of hydrogen-bond acceptors (Lipinski definition) is 3. The predicted molar refractivity (Wildman–Crippen MR) is 78.9 cm³/mol. The van der Waals surface area contributed by atoms with Crippen LogP contribution in [0.2, 0.25) is 5.02 Å². The Balaban J connectivity index is 2.11. The maximum absolute atomic E-state index is 11.9. The fourth-order valence-corrected chi connectivity index (χ4v) is 2.18. The molecule has 0 bridgehead atoms. The van der Waals surface area contributed by atoms with Gasteiger partial charge in [0.1, 0.15) is 0 Å². The monoisotopic (exact) mass is 293 g/mol. The second-order valence-corrected chi connectivity index (χ2v) is 5.01. The summed E-state index contributed by atoms with van der Waals surface area (Å²) in [6.45, 7) is 0.942. The molecule has 0 fully saturated rings. The number of nitrogens with one attached hydrogen (secondary N) is 1. The summed E-state index contributed by atoms with van der Waals surface area (Å²) in [5, 5.41) is 3.85. The van der Waals surface area contributed by atoms with Crippen LogP contribution in [0, 0.1) is 0 Å². The molecule has 1 N–H and O–H groups in total. The van der Waals surface area contributed by atoms with Crippen molar-refractivity contribution < 1.29 is 0 Å². The van der Waals surface area contributed by atoms with E-state index in [1.807, 2.05) is 24.3 Å². The molecule has 5 nitrogen and oxygen atoms in total. The lowest BCUT2D eigenvalue weighted by molar-refractivity contribution is 0.630. The zero-order chi connectivity index (χ0) is 14.7. The van der Waals surface area contributed by atoms with Gasteiger partial charge in [-0.05, 0) is 11.6 Å². The first kappa shape index (κ1) is 14.6. The molecule has 1 aromatic carbocycles. The van der Waals surface area contributed by atoms with Gasteiger partial charge in [-0.2, -0.15) is 0 Å². The van der Waals surface area contributed by atoms with E-state index in [2.05, 4.69) is 5.32 Å². The van der Waals surface area contributed by atoms with E-state index in [-0.39, 0.29) is 11.2 Å². The summed E-state index contributed by atoms with van der Waals surface area (Å²) in [5.41, 5.74) is 0.905. The van der Waals surface area contributed by atoms with Crippen molar-refractivity contribution in [3.63, 3.8) is 0 Å². The quantitative estimate of drug-likeness (QED) is 0.916. The number of aryl methyl sites for hydroxylation is 1. The SMILES string of the molecule is Cn1cc(CNCc2ccccc2Cl)c(=O)n(C)c1=O. The minimum Gasteiger partial charge on any atom is -0.308 e. The van der Waals surface area contributed by atoms with Crippen LogP contribution in [-0.4, -0.2) is 9.13 Å². The number of hydrogen-bond donors (Lipinski definition) is 1. The molecule has 0 aliphatic heterocycles. The van der Waals surface area contributed by atoms with Crippen molar-refractivity contribution >= 4 is 11.6 Å². The molecule has 1 heterocycles. The van der Waals surface area contributed by atoms with E-state index in [0.717, 1.165) is 10.1 Å². The lowest BCUT2D eigenvalue weighted by atomic mass is 10.2. The molecule has 0 atom stereocenters. The number of halogens is 1. The molecule has 0 saturated carbocycles. The van der Waals surface area contributed by atoms with Crippen molar-refractivity contribution in [2.75, 3.05) is 0 Å². The van der Waals surface area contributed by atoms with Gasteiger partial charge in [0.25, 0.3) is 5.56 Å². The van der Waals surface area contributed by atoms with Gasteiger partial charge in [0, 0.05) is 44.0 Å². The summed E-state index contributed by atoms with van der Waals surface area (Å²) >= 11 is 6.06. The molecular formula is C14H16ClN3O2. The highest BCUT2D eigenvalue weighted by atomic mass is 35.5. The van der Waals surface area contributed by atoms with Crippen molar-refractivity contribution in [2.45, 2.75) is 13.1 Å². The van der Waals surface area contributed by atoms with E-state index in [1.54, 1.807) is 13.2 Å². The molecule has 0 amide bonds. The van der Waals surface area contributed by atoms with Crippen LogP contribution in [0.4, 0.5) is 0 Å². The van der Waals surface area contributed by atoms with Crippen LogP contribution in [0.1, 0.15) is 11.1 Å². The fourth-order valence-electron chi connectivity index (χ4n) is 1.98. The molecule has 0 saturated heterocycles. The molecule has 0 unspecified atom stereocenters. The molecule has 20 heavy (non-hydrogen) atoms. The molecule has 0 aliphatic carbocycles. The third-order valence-corrected chi connectivity index (χ3v) is 3.47. The molecule has 6 heteroatoms. The summed E-state index contributed by atoms with van der Waals surface area (Å²) in [6.07, 6.45) is 1.56. The van der Waals surface area contributed by atoms with Crippen LogP contribution in [0.25, 0.3) is 0 Å². The topological polar surface area (TPSA) is 56.0 Å². The highest BCUT2D eigenvalue weighted by Gasteiger charge is 2.06. The van der Waals surface area contributed by atoms with Crippen molar-refractivity contribution in [1.29, 1.82) is 0 Å². The van der Waals surface area contributed by atoms with Crippen molar-refractivity contribution in [3.05, 3.63) is 67.4 Å². The van der Waals surface area contributed by atoms with Gasteiger partial charge in [0.2, 0.25) is 0 Å². The highest BCUT2D eigenvalue weighted by molar-refractivity contribution is 6.31. The molecule has 106 valence electrons. The molecule has 0 aliphatic rings. The Hall–Kier alpha value is -1.85. The number of aromatic nitrogens is 2. The molecule has 2 rings (SSSR count). The number of rotatable bonds is 4. The van der Waals surface area contributed by atoms with Crippen LogP contribution in [0.5, 0.6) is 0 Å². The van der Waals surface area contributed by atoms with Gasteiger partial charge < -0.3 is 9.88 Å². The van der Waals surface area contributed by atoms with Gasteiger partial charge >= 0.3 is 5.69 Å². The smallest absolute Gasteiger partial charge is 0.308 e. The van der Waals surface area contributed by atoms with E-state index in [9.17, 15) is 9.59 Å². The Bertz CT molecular complexity index is 734. The Morgan fingerprint density at radius 3 is 2.45 bits per heavy atom. The molecular weight excluding hydrogens is 278 g/mol. The third-order valence-electron chi connectivity index (χ3n) is 3.11. The standard InChI is InChI=1S/C14H16ClN3O2/c1-17-9-11(13(19)18(2)14(17)20)8-16-7-10-5-3-4-6-12(10)15/h3-6,9,16H,7-8H2,1-2H3. The average molecular weight is 294 g/mol. The number of benzene rings is 1. The van der Waals surface area contributed by atoms with Crippen molar-refractivity contribution in [3.8, 4) is 0 Å². The van der Waals surface area contributed by atoms with E-state index in [1.165, 1.54) is 11.6 Å². The largest absolute Gasteiger partial charge is 0.330 e. The molecule has 0 radical (unpaired) electrons. The van der Waals surface area contributed by atoms with Gasteiger partial charge in [-0.3, -0.25) is 9.36 Å². The normalized spacial score (nSPS) is 10.8. The first-order valence-corrected chi connectivity index (χ1v) is 6.58. The summed E-state index contributed by atoms with van der Waals surface area (Å²) in [7, 11) is 3.10. The summed E-state index contributed by atoms with van der Waals surface area (Å²) in [6, 6.07) is 7.53. The van der Waals surface area contributed by atoms with E-state index in [4.69, 9.17) is 11.6 Å². The lowest BCUT2D eigenvalue weighted by Crippen LogP contribution is -2.39. The third kappa shape index (κ3) is 3.00. The van der Waals surface area contributed by atoms with E-state index in [0.29, 0.717) is 23.7 Å². The van der Waals surface area contributed by atoms with Gasteiger partial charge in [0.15, 0.2) is 0 Å². The van der Waals surface area contributed by atoms with Crippen LogP contribution in [0.15, 0.2) is 40.1 Å². The van der Waals surface area contributed by atoms with Gasteiger partial charge in [-0.15, -0.1) is 0 Å². The maximum Gasteiger partial charge on any atom is 0.330 e. The zero-order valence-corrected chi connectivity index (χ0v) is 12.1. The van der Waals surface area contributed by atoms with Crippen molar-refractivity contribution in [2.24, 2.45) is 14.1 Å². The minimum atomic E-state index is -0.329. The Morgan fingerprint density at radius 2 is 1.75 bits per heavy atom. The van der Waals surface area contributed by atoms with E-state index < -0.39 is 0 Å². The molecule has 1 aromatic heterocycles. The highest BCUT2D eigenvalue weighted by Crippen LogP contribution is 2.14. The van der Waals surface area contributed by atoms with Gasteiger partial charge in [-0.25, -0.2) is 4.79 Å². The fraction of sp³-hybridized carbons (Fsp3) is 0.286. The van der Waals surface area contributed by atoms with Crippen molar-refractivity contribution in [1.82, 2.24) is 14.5 Å². The van der Waals surface area contributed by atoms with Crippen LogP contribution in [-0.2, 0) is 27.2 Å². The average Bonchev–Trinajstić information content (AvgIpc) is 2.44. The predicted octanol–water partition coefficient (Wildman–Crippen LogP) is 1.03. The Kier molecular flexibility index (Phi) is 4.42. The minimum absolute atomic E-state index is 0.278. The molecule has 2 aromatic rings. The summed E-state index contributed by atoms with van der Waals surface area (Å²) in [5.74, 6) is 0. The summed E-state index contributed by atoms with van der Waals surface area (Å²) < 4.78 is 2.50. The second-order valence-electron chi connectivity index (χ2n) is 4.61. The maximum atomic E-state index is 11.9. The van der Waals surface area contributed by atoms with E-state index >= 15 is 0 Å². The second kappa shape index (κ2) is 6.07. The Labute approximate surface area is 121 Å². The van der Waals surface area contributed by atoms with Gasteiger partial charge in [-0.1, -0.05) is 29.8 Å². The lowest BCUT2D eigenvalue weighted by Gasteiger charge is -2.09. The first-order valence-electron chi connectivity index (χ1n) is 6.20.